The zero-order chi connectivity index (χ0) is 12.3. The highest BCUT2D eigenvalue weighted by Crippen LogP contribution is 2.14. The molecule has 16 heavy (non-hydrogen) atoms. The smallest absolute Gasteiger partial charge is 0.378 e. The molecule has 6 heteroatoms. The second-order valence-corrected chi connectivity index (χ2v) is 3.19. The molecule has 6 nitrogen and oxygen atoms in total. The second-order valence-electron chi connectivity index (χ2n) is 3.19. The van der Waals surface area contributed by atoms with Crippen molar-refractivity contribution >= 4 is 17.5 Å². The number of carbonyl (C=O) groups is 2. The van der Waals surface area contributed by atoms with Crippen molar-refractivity contribution in [1.29, 1.82) is 0 Å². The van der Waals surface area contributed by atoms with Crippen molar-refractivity contribution in [3.8, 4) is 0 Å². The molecule has 0 saturated carbocycles. The van der Waals surface area contributed by atoms with Gasteiger partial charge in [0.05, 0.1) is 18.4 Å². The van der Waals surface area contributed by atoms with Gasteiger partial charge in [-0.2, -0.15) is 5.10 Å². The average molecular weight is 224 g/mol. The van der Waals surface area contributed by atoms with Crippen LogP contribution in [0.1, 0.15) is 11.3 Å². The maximum absolute atomic E-state index is 11.1. The van der Waals surface area contributed by atoms with Crippen LogP contribution >= 0.6 is 0 Å². The number of ether oxygens (including phenoxy) is 1. The number of hydrogen-bond acceptors (Lipinski definition) is 5. The van der Waals surface area contributed by atoms with E-state index >= 15 is 0 Å². The fourth-order valence-corrected chi connectivity index (χ4v) is 1.21. The lowest BCUT2D eigenvalue weighted by molar-refractivity contribution is -0.149. The Labute approximate surface area is 92.1 Å². The molecule has 1 rings (SSSR count). The lowest BCUT2D eigenvalue weighted by Gasteiger charge is -1.96. The van der Waals surface area contributed by atoms with E-state index in [0.29, 0.717) is 11.3 Å². The first-order valence-corrected chi connectivity index (χ1v) is 4.49. The number of methoxy groups -OCH3 is 1. The van der Waals surface area contributed by atoms with Gasteiger partial charge in [0.2, 0.25) is 0 Å². The average Bonchev–Trinajstić information content (AvgIpc) is 2.56. The normalized spacial score (nSPS) is 11.3. The van der Waals surface area contributed by atoms with E-state index in [-0.39, 0.29) is 5.76 Å². The monoisotopic (exact) mass is 224 g/mol. The van der Waals surface area contributed by atoms with Crippen LogP contribution in [-0.2, 0) is 21.4 Å². The standard InChI is InChI=1S/C10H12N2O4/c1-6-7(5-12(2)11-6)8(13)4-9(14)10(15)16-3/h4-5,13H,1-3H3. The van der Waals surface area contributed by atoms with Gasteiger partial charge in [-0.05, 0) is 6.92 Å². The summed E-state index contributed by atoms with van der Waals surface area (Å²) in [7, 11) is 2.78. The first kappa shape index (κ1) is 12.0. The maximum atomic E-state index is 11.1. The molecule has 0 amide bonds. The van der Waals surface area contributed by atoms with Gasteiger partial charge in [0.1, 0.15) is 5.76 Å². The van der Waals surface area contributed by atoms with Gasteiger partial charge in [0, 0.05) is 19.3 Å². The van der Waals surface area contributed by atoms with Crippen molar-refractivity contribution in [3.63, 3.8) is 0 Å². The molecular formula is C10H12N2O4. The van der Waals surface area contributed by atoms with Crippen molar-refractivity contribution in [2.75, 3.05) is 7.11 Å². The third-order valence-corrected chi connectivity index (χ3v) is 1.94. The SMILES string of the molecule is COC(=O)C(=O)C=C(O)c1cn(C)nc1C. The van der Waals surface area contributed by atoms with E-state index in [1.807, 2.05) is 0 Å². The quantitative estimate of drug-likeness (QED) is 0.347. The fraction of sp³-hybridized carbons (Fsp3) is 0.300. The van der Waals surface area contributed by atoms with Gasteiger partial charge in [-0.25, -0.2) is 4.79 Å². The summed E-state index contributed by atoms with van der Waals surface area (Å²) in [5, 5.41) is 13.6. The highest BCUT2D eigenvalue weighted by Gasteiger charge is 2.14. The molecule has 0 radical (unpaired) electrons. The number of nitrogens with zero attached hydrogens (tertiary/aromatic N) is 2. The van der Waals surface area contributed by atoms with Crippen LogP contribution < -0.4 is 0 Å². The third kappa shape index (κ3) is 2.47. The number of aromatic nitrogens is 2. The molecular weight excluding hydrogens is 212 g/mol. The van der Waals surface area contributed by atoms with Crippen LogP contribution in [0.4, 0.5) is 0 Å². The molecule has 0 spiro atoms. The van der Waals surface area contributed by atoms with Crippen LogP contribution in [0.25, 0.3) is 5.76 Å². The minimum atomic E-state index is -1.02. The molecule has 0 aliphatic carbocycles. The number of hydrogen-bond donors (Lipinski definition) is 1. The molecule has 0 aliphatic rings. The molecule has 0 unspecified atom stereocenters. The Morgan fingerprint density at radius 1 is 1.56 bits per heavy atom. The highest BCUT2D eigenvalue weighted by molar-refractivity contribution is 6.39. The maximum Gasteiger partial charge on any atom is 0.378 e. The third-order valence-electron chi connectivity index (χ3n) is 1.94. The van der Waals surface area contributed by atoms with Gasteiger partial charge in [-0.1, -0.05) is 0 Å². The summed E-state index contributed by atoms with van der Waals surface area (Å²) >= 11 is 0. The van der Waals surface area contributed by atoms with E-state index in [0.717, 1.165) is 13.2 Å². The van der Waals surface area contributed by atoms with E-state index in [1.54, 1.807) is 20.2 Å². The van der Waals surface area contributed by atoms with Crippen LogP contribution in [0.3, 0.4) is 0 Å². The van der Waals surface area contributed by atoms with E-state index in [2.05, 4.69) is 9.84 Å². The lowest BCUT2D eigenvalue weighted by atomic mass is 10.2. The van der Waals surface area contributed by atoms with Crippen molar-refractivity contribution in [1.82, 2.24) is 9.78 Å². The molecule has 0 bridgehead atoms. The van der Waals surface area contributed by atoms with Crippen molar-refractivity contribution in [2.45, 2.75) is 6.92 Å². The molecule has 86 valence electrons. The summed E-state index contributed by atoms with van der Waals surface area (Å²) in [6.45, 7) is 1.68. The zero-order valence-electron chi connectivity index (χ0n) is 9.22. The molecule has 0 aromatic carbocycles. The van der Waals surface area contributed by atoms with Crippen LogP contribution in [0.5, 0.6) is 0 Å². The van der Waals surface area contributed by atoms with Gasteiger partial charge in [0.25, 0.3) is 5.78 Å². The van der Waals surface area contributed by atoms with Crippen molar-refractivity contribution in [2.24, 2.45) is 7.05 Å². The molecule has 0 aliphatic heterocycles. The van der Waals surface area contributed by atoms with Crippen LogP contribution in [0, 0.1) is 6.92 Å². The molecule has 1 heterocycles. The second kappa shape index (κ2) is 4.61. The summed E-state index contributed by atoms with van der Waals surface area (Å²) in [5.74, 6) is -2.24. The minimum Gasteiger partial charge on any atom is -0.507 e. The van der Waals surface area contributed by atoms with E-state index in [4.69, 9.17) is 0 Å². The number of aryl methyl sites for hydroxylation is 2. The summed E-state index contributed by atoms with van der Waals surface area (Å²) < 4.78 is 5.72. The van der Waals surface area contributed by atoms with E-state index < -0.39 is 11.8 Å². The molecule has 0 saturated heterocycles. The van der Waals surface area contributed by atoms with E-state index in [1.165, 1.54) is 4.68 Å². The van der Waals surface area contributed by atoms with Crippen LogP contribution in [0.2, 0.25) is 0 Å². The topological polar surface area (TPSA) is 81.4 Å². The minimum absolute atomic E-state index is 0.305. The Balaban J connectivity index is 2.98. The van der Waals surface area contributed by atoms with Crippen LogP contribution in [0.15, 0.2) is 12.3 Å². The Kier molecular flexibility index (Phi) is 3.44. The number of carbonyl (C=O) groups excluding carboxylic acids is 2. The Morgan fingerprint density at radius 3 is 2.62 bits per heavy atom. The molecule has 1 aromatic heterocycles. The lowest BCUT2D eigenvalue weighted by Crippen LogP contribution is -2.13. The van der Waals surface area contributed by atoms with Gasteiger partial charge >= 0.3 is 5.97 Å². The van der Waals surface area contributed by atoms with Crippen molar-refractivity contribution < 1.29 is 19.4 Å². The Morgan fingerprint density at radius 2 is 2.19 bits per heavy atom. The summed E-state index contributed by atoms with van der Waals surface area (Å²) in [6.07, 6.45) is 2.36. The zero-order valence-corrected chi connectivity index (χ0v) is 9.22. The van der Waals surface area contributed by atoms with Gasteiger partial charge in [0.15, 0.2) is 0 Å². The highest BCUT2D eigenvalue weighted by atomic mass is 16.5. The Bertz CT molecular complexity index is 459. The van der Waals surface area contributed by atoms with Crippen molar-refractivity contribution in [3.05, 3.63) is 23.5 Å². The van der Waals surface area contributed by atoms with Gasteiger partial charge < -0.3 is 9.84 Å². The molecule has 1 aromatic rings. The Hall–Kier alpha value is -2.11. The predicted octanol–water partition coefficient (Wildman–Crippen LogP) is 0.370. The number of rotatable bonds is 3. The molecule has 0 fully saturated rings. The van der Waals surface area contributed by atoms with Gasteiger partial charge in [-0.3, -0.25) is 9.48 Å². The largest absolute Gasteiger partial charge is 0.507 e. The van der Waals surface area contributed by atoms with E-state index in [9.17, 15) is 14.7 Å². The predicted molar refractivity (Wildman–Crippen MR) is 55.6 cm³/mol. The molecule has 0 atom stereocenters. The van der Waals surface area contributed by atoms with Gasteiger partial charge in [-0.15, -0.1) is 0 Å². The number of aliphatic hydroxyl groups excluding tert-OH is 1. The number of aliphatic hydroxyl groups is 1. The van der Waals surface area contributed by atoms with Crippen LogP contribution in [-0.4, -0.2) is 33.7 Å². The first-order chi connectivity index (χ1) is 7.45. The molecule has 1 N–H and O–H groups in total. The summed E-state index contributed by atoms with van der Waals surface area (Å²) in [4.78, 5) is 22.0. The summed E-state index contributed by atoms with van der Waals surface area (Å²) in [6, 6.07) is 0. The number of esters is 1. The fourth-order valence-electron chi connectivity index (χ4n) is 1.21. The summed E-state index contributed by atoms with van der Waals surface area (Å²) in [5.41, 5.74) is 0.966. The number of ketones is 1. The first-order valence-electron chi connectivity index (χ1n) is 4.49.